The van der Waals surface area contributed by atoms with Crippen molar-refractivity contribution >= 4 is 45.7 Å². The molecule has 4 N–H and O–H groups in total. The van der Waals surface area contributed by atoms with Gasteiger partial charge in [0.2, 0.25) is 17.7 Å². The van der Waals surface area contributed by atoms with Crippen molar-refractivity contribution in [3.63, 3.8) is 0 Å². The van der Waals surface area contributed by atoms with Crippen LogP contribution in [0.2, 0.25) is 0 Å². The van der Waals surface area contributed by atoms with E-state index in [0.29, 0.717) is 17.0 Å². The normalized spacial score (nSPS) is 21.3. The zero-order valence-corrected chi connectivity index (χ0v) is 25.3. The van der Waals surface area contributed by atoms with Gasteiger partial charge in [-0.25, -0.2) is 4.39 Å². The number of primary amides is 1. The number of alkyl halides is 1. The molecule has 2 saturated heterocycles. The summed E-state index contributed by atoms with van der Waals surface area (Å²) in [5.74, 6) is -1.61. The monoisotopic (exact) mass is 623 g/mol. The summed E-state index contributed by atoms with van der Waals surface area (Å²) in [6.07, 6.45) is 3.39. The number of allylic oxidation sites excluding steroid dienone is 1. The Labute approximate surface area is 264 Å². The molecule has 4 heterocycles. The van der Waals surface area contributed by atoms with Crippen LogP contribution in [0.15, 0.2) is 60.9 Å². The molecule has 2 aromatic heterocycles. The van der Waals surface area contributed by atoms with E-state index in [2.05, 4.69) is 42.6 Å². The first-order chi connectivity index (χ1) is 22.2. The highest BCUT2D eigenvalue weighted by molar-refractivity contribution is 6.21. The van der Waals surface area contributed by atoms with E-state index in [-0.39, 0.29) is 25.3 Å². The number of aromatic amines is 1. The van der Waals surface area contributed by atoms with Gasteiger partial charge in [-0.15, -0.1) is 0 Å². The third kappa shape index (κ3) is 5.58. The van der Waals surface area contributed by atoms with E-state index >= 15 is 0 Å². The van der Waals surface area contributed by atoms with Gasteiger partial charge < -0.3 is 25.8 Å². The number of likely N-dealkylation sites (tertiary alicyclic amines) is 1. The molecule has 2 aromatic carbocycles. The number of nitrogens with one attached hydrogen (secondary N) is 2. The highest BCUT2D eigenvalue weighted by Gasteiger charge is 2.41. The molecule has 0 bridgehead atoms. The number of nitrogens with zero attached hydrogens (tertiary/aromatic N) is 6. The molecule has 46 heavy (non-hydrogen) atoms. The Kier molecular flexibility index (Phi) is 7.69. The lowest BCUT2D eigenvalue weighted by molar-refractivity contribution is -0.136. The smallest absolute Gasteiger partial charge is 0.249 e. The number of carbonyl (C=O) groups is 3. The Morgan fingerprint density at radius 1 is 1.04 bits per heavy atom. The zero-order chi connectivity index (χ0) is 31.9. The lowest BCUT2D eigenvalue weighted by Gasteiger charge is -2.34. The SMILES string of the molecule is CN1CCN(c2ccc3c(NC(=O)C4CC(F)CN4C(=O)CC4C=C(C(N)=O)c5cc(-c6ccnnc6)ccc54)n[nH]c3c2)CC1. The van der Waals surface area contributed by atoms with Crippen LogP contribution in [0.4, 0.5) is 15.9 Å². The molecule has 236 valence electrons. The van der Waals surface area contributed by atoms with Crippen LogP contribution in [0.5, 0.6) is 0 Å². The number of hydrogen-bond donors (Lipinski definition) is 3. The van der Waals surface area contributed by atoms with Gasteiger partial charge in [0.25, 0.3) is 0 Å². The third-order valence-electron chi connectivity index (χ3n) is 9.22. The van der Waals surface area contributed by atoms with Crippen molar-refractivity contribution in [2.75, 3.05) is 50.0 Å². The van der Waals surface area contributed by atoms with Gasteiger partial charge >= 0.3 is 0 Å². The quantitative estimate of drug-likeness (QED) is 0.284. The predicted molar refractivity (Wildman–Crippen MR) is 171 cm³/mol. The second kappa shape index (κ2) is 12.0. The topological polar surface area (TPSA) is 153 Å². The van der Waals surface area contributed by atoms with E-state index in [4.69, 9.17) is 5.73 Å². The van der Waals surface area contributed by atoms with Gasteiger partial charge in [0, 0.05) is 67.1 Å². The molecule has 0 saturated carbocycles. The zero-order valence-electron chi connectivity index (χ0n) is 25.3. The third-order valence-corrected chi connectivity index (χ3v) is 9.22. The number of rotatable bonds is 7. The Hall–Kier alpha value is -5.17. The van der Waals surface area contributed by atoms with Crippen molar-refractivity contribution in [2.45, 2.75) is 31.0 Å². The van der Waals surface area contributed by atoms with Crippen LogP contribution in [-0.4, -0.2) is 99.9 Å². The minimum atomic E-state index is -1.34. The molecular weight excluding hydrogens is 589 g/mol. The number of nitrogens with two attached hydrogens (primary N) is 1. The van der Waals surface area contributed by atoms with Gasteiger partial charge in [-0.05, 0) is 54.1 Å². The summed E-state index contributed by atoms with van der Waals surface area (Å²) in [5.41, 5.74) is 10.9. The van der Waals surface area contributed by atoms with Crippen molar-refractivity contribution in [3.05, 3.63) is 72.1 Å². The van der Waals surface area contributed by atoms with Gasteiger partial charge in [0.05, 0.1) is 24.5 Å². The summed E-state index contributed by atoms with van der Waals surface area (Å²) in [6.45, 7) is 3.62. The predicted octanol–water partition coefficient (Wildman–Crippen LogP) is 2.71. The summed E-state index contributed by atoms with van der Waals surface area (Å²) in [6, 6.07) is 12.3. The molecule has 2 fully saturated rings. The number of aromatic nitrogens is 4. The molecule has 13 heteroatoms. The molecular formula is C33H34FN9O3. The van der Waals surface area contributed by atoms with Crippen LogP contribution < -0.4 is 16.0 Å². The van der Waals surface area contributed by atoms with Crippen LogP contribution in [-0.2, 0) is 14.4 Å². The maximum absolute atomic E-state index is 14.8. The van der Waals surface area contributed by atoms with Crippen LogP contribution in [0, 0.1) is 0 Å². The molecule has 3 unspecified atom stereocenters. The van der Waals surface area contributed by atoms with Gasteiger partial charge in [-0.3, -0.25) is 19.5 Å². The summed E-state index contributed by atoms with van der Waals surface area (Å²) < 4.78 is 14.8. The fourth-order valence-corrected chi connectivity index (χ4v) is 6.70. The van der Waals surface area contributed by atoms with Crippen molar-refractivity contribution in [1.82, 2.24) is 30.2 Å². The maximum atomic E-state index is 14.8. The molecule has 7 rings (SSSR count). The number of H-pyrrole nitrogens is 1. The number of hydrogen-bond acceptors (Lipinski definition) is 8. The van der Waals surface area contributed by atoms with Crippen LogP contribution in [0.3, 0.4) is 0 Å². The minimum Gasteiger partial charge on any atom is -0.369 e. The van der Waals surface area contributed by atoms with Crippen molar-refractivity contribution in [2.24, 2.45) is 5.73 Å². The first kappa shape index (κ1) is 29.5. The molecule has 3 atom stereocenters. The number of carbonyl (C=O) groups excluding carboxylic acids is 3. The number of anilines is 2. The molecule has 3 aliphatic rings. The van der Waals surface area contributed by atoms with Crippen LogP contribution in [0.25, 0.3) is 27.6 Å². The first-order valence-electron chi connectivity index (χ1n) is 15.3. The second-order valence-corrected chi connectivity index (χ2v) is 12.2. The van der Waals surface area contributed by atoms with Gasteiger partial charge in [0.15, 0.2) is 5.82 Å². The van der Waals surface area contributed by atoms with Crippen molar-refractivity contribution in [3.8, 4) is 11.1 Å². The molecule has 0 spiro atoms. The number of piperazine rings is 1. The second-order valence-electron chi connectivity index (χ2n) is 12.2. The first-order valence-corrected chi connectivity index (χ1v) is 15.3. The number of benzene rings is 2. The van der Waals surface area contributed by atoms with Crippen LogP contribution >= 0.6 is 0 Å². The van der Waals surface area contributed by atoms with E-state index in [0.717, 1.165) is 59.5 Å². The summed E-state index contributed by atoms with van der Waals surface area (Å²) in [4.78, 5) is 45.4. The highest BCUT2D eigenvalue weighted by Crippen LogP contribution is 2.40. The highest BCUT2D eigenvalue weighted by atomic mass is 19.1. The lowest BCUT2D eigenvalue weighted by Crippen LogP contribution is -2.44. The Morgan fingerprint density at radius 2 is 1.87 bits per heavy atom. The van der Waals surface area contributed by atoms with Crippen LogP contribution in [0.1, 0.15) is 29.9 Å². The minimum absolute atomic E-state index is 0.0448. The fourth-order valence-electron chi connectivity index (χ4n) is 6.70. The number of likely N-dealkylation sites (N-methyl/N-ethyl adjacent to an activating group) is 1. The van der Waals surface area contributed by atoms with E-state index in [1.807, 2.05) is 42.5 Å². The summed E-state index contributed by atoms with van der Waals surface area (Å²) in [5, 5.41) is 18.6. The number of fused-ring (bicyclic) bond motifs is 2. The average Bonchev–Trinajstić information content (AvgIpc) is 3.76. The molecule has 0 radical (unpaired) electrons. The number of amides is 3. The standard InChI is InChI=1S/C33H34FN9O3/c1-41-8-10-42(11-9-41)23-3-5-25-28(16-23)39-40-32(25)38-33(46)29-15-22(34)18-43(29)30(44)14-21-13-27(31(35)45)26-12-19(2-4-24(21)26)20-6-7-36-37-17-20/h2-7,12-13,16-17,21-22,29H,8-11,14-15,18H2,1H3,(H2,35,45)(H2,38,39,40,46). The van der Waals surface area contributed by atoms with Gasteiger partial charge in [-0.2, -0.15) is 15.3 Å². The van der Waals surface area contributed by atoms with Gasteiger partial charge in [0.1, 0.15) is 12.2 Å². The average molecular weight is 624 g/mol. The lowest BCUT2D eigenvalue weighted by atomic mass is 9.93. The summed E-state index contributed by atoms with van der Waals surface area (Å²) in [7, 11) is 2.11. The maximum Gasteiger partial charge on any atom is 0.249 e. The van der Waals surface area contributed by atoms with Crippen molar-refractivity contribution < 1.29 is 18.8 Å². The van der Waals surface area contributed by atoms with Crippen molar-refractivity contribution in [1.29, 1.82) is 0 Å². The fraction of sp³-hybridized carbons (Fsp3) is 0.333. The molecule has 3 amide bonds. The Bertz CT molecular complexity index is 1850. The summed E-state index contributed by atoms with van der Waals surface area (Å²) >= 11 is 0. The van der Waals surface area contributed by atoms with E-state index < -0.39 is 29.9 Å². The van der Waals surface area contributed by atoms with E-state index in [1.54, 1.807) is 18.5 Å². The molecule has 4 aromatic rings. The number of halogens is 1. The largest absolute Gasteiger partial charge is 0.369 e. The Balaban J connectivity index is 1.07. The van der Waals surface area contributed by atoms with Gasteiger partial charge in [-0.1, -0.05) is 18.2 Å². The molecule has 1 aliphatic carbocycles. The Morgan fingerprint density at radius 3 is 2.63 bits per heavy atom. The molecule has 12 nitrogen and oxygen atoms in total. The van der Waals surface area contributed by atoms with E-state index in [1.165, 1.54) is 4.90 Å². The molecule has 2 aliphatic heterocycles. The van der Waals surface area contributed by atoms with E-state index in [9.17, 15) is 18.8 Å².